The number of halogens is 1. The molecule has 0 spiro atoms. The second-order valence-corrected chi connectivity index (χ2v) is 10.9. The summed E-state index contributed by atoms with van der Waals surface area (Å²) in [7, 11) is 4.48. The lowest BCUT2D eigenvalue weighted by molar-refractivity contribution is -0.145. The molecule has 1 atom stereocenters. The number of esters is 1. The third-order valence-corrected chi connectivity index (χ3v) is 7.37. The van der Waals surface area contributed by atoms with Gasteiger partial charge in [0.15, 0.2) is 16.7 Å². The smallest absolute Gasteiger partial charge is 0.328 e. The Balaban J connectivity index is 1.96. The molecule has 1 amide bonds. The number of benzene rings is 2. The number of nitrogens with zero attached hydrogens (tertiary/aromatic N) is 2. The molecule has 1 N–H and O–H groups in total. The molecule has 10 heteroatoms. The minimum Gasteiger partial charge on any atom is -0.493 e. The maximum Gasteiger partial charge on any atom is 0.328 e. The third-order valence-electron chi connectivity index (χ3n) is 6.42. The molecule has 39 heavy (non-hydrogen) atoms. The van der Waals surface area contributed by atoms with Crippen LogP contribution >= 0.6 is 11.8 Å². The molecule has 0 bridgehead atoms. The molecular weight excluding hydrogens is 521 g/mol. The molecule has 1 unspecified atom stereocenters. The summed E-state index contributed by atoms with van der Waals surface area (Å²) in [4.78, 5) is 29.6. The van der Waals surface area contributed by atoms with Gasteiger partial charge in [-0.25, -0.2) is 14.2 Å². The van der Waals surface area contributed by atoms with E-state index in [2.05, 4.69) is 24.1 Å². The van der Waals surface area contributed by atoms with Crippen LogP contribution in [0.1, 0.15) is 45.4 Å². The number of hydrogen-bond acceptors (Lipinski definition) is 7. The van der Waals surface area contributed by atoms with E-state index < -0.39 is 17.4 Å². The van der Waals surface area contributed by atoms with Crippen LogP contribution in [0, 0.1) is 11.7 Å². The van der Waals surface area contributed by atoms with Crippen molar-refractivity contribution >= 4 is 23.6 Å². The highest BCUT2D eigenvalue weighted by Gasteiger charge is 2.31. The number of imidazole rings is 1. The quantitative estimate of drug-likeness (QED) is 0.243. The molecule has 0 aliphatic rings. The zero-order valence-electron chi connectivity index (χ0n) is 23.4. The Morgan fingerprint density at radius 1 is 1.05 bits per heavy atom. The number of carbonyl (C=O) groups excluding carboxylic acids is 2. The molecule has 0 radical (unpaired) electrons. The molecule has 210 valence electrons. The standard InChI is InChI=1S/C29H36FN3O5S/c1-18(2)14-22(27(35)38-7)32-26(34)17-39-28-31-16-25(33(28)21-11-9-20(30)10-12-21)29(3,4)19-8-13-23(36-5)24(15-19)37-6/h8-13,15-16,18,22H,14,17H2,1-7H3,(H,32,34). The van der Waals surface area contributed by atoms with Gasteiger partial charge in [-0.15, -0.1) is 0 Å². The summed E-state index contributed by atoms with van der Waals surface area (Å²) in [6.45, 7) is 8.05. The van der Waals surface area contributed by atoms with E-state index in [0.717, 1.165) is 11.3 Å². The molecule has 3 aromatic rings. The number of ether oxygens (including phenoxy) is 3. The van der Waals surface area contributed by atoms with Crippen molar-refractivity contribution in [3.63, 3.8) is 0 Å². The summed E-state index contributed by atoms with van der Waals surface area (Å²) >= 11 is 1.23. The summed E-state index contributed by atoms with van der Waals surface area (Å²) in [6.07, 6.45) is 2.23. The van der Waals surface area contributed by atoms with Gasteiger partial charge >= 0.3 is 5.97 Å². The number of amides is 1. The van der Waals surface area contributed by atoms with Crippen molar-refractivity contribution in [3.8, 4) is 17.2 Å². The molecule has 1 aromatic heterocycles. The van der Waals surface area contributed by atoms with Gasteiger partial charge in [0.2, 0.25) is 5.91 Å². The van der Waals surface area contributed by atoms with Crippen LogP contribution in [-0.4, -0.2) is 54.6 Å². The number of methoxy groups -OCH3 is 3. The van der Waals surface area contributed by atoms with Crippen molar-refractivity contribution in [1.29, 1.82) is 0 Å². The van der Waals surface area contributed by atoms with E-state index in [1.54, 1.807) is 32.5 Å². The SMILES string of the molecule is COC(=O)C(CC(C)C)NC(=O)CSc1ncc(C(C)(C)c2ccc(OC)c(OC)c2)n1-c1ccc(F)cc1. The minimum absolute atomic E-state index is 0.0278. The summed E-state index contributed by atoms with van der Waals surface area (Å²) in [5, 5.41) is 3.33. The maximum atomic E-state index is 13.8. The van der Waals surface area contributed by atoms with Crippen LogP contribution in [0.5, 0.6) is 11.5 Å². The second-order valence-electron chi connectivity index (χ2n) is 9.99. The van der Waals surface area contributed by atoms with Gasteiger partial charge in [-0.3, -0.25) is 9.36 Å². The molecule has 0 saturated heterocycles. The lowest BCUT2D eigenvalue weighted by Crippen LogP contribution is -2.43. The molecule has 0 aliphatic heterocycles. The monoisotopic (exact) mass is 557 g/mol. The Bertz CT molecular complexity index is 1290. The summed E-state index contributed by atoms with van der Waals surface area (Å²) in [5.41, 5.74) is 1.92. The van der Waals surface area contributed by atoms with E-state index in [1.165, 1.54) is 31.0 Å². The van der Waals surface area contributed by atoms with Crippen molar-refractivity contribution in [2.75, 3.05) is 27.1 Å². The van der Waals surface area contributed by atoms with Gasteiger partial charge in [0, 0.05) is 11.1 Å². The van der Waals surface area contributed by atoms with E-state index in [9.17, 15) is 14.0 Å². The number of aromatic nitrogens is 2. The Labute approximate surface area is 233 Å². The highest BCUT2D eigenvalue weighted by molar-refractivity contribution is 7.99. The topological polar surface area (TPSA) is 91.7 Å². The van der Waals surface area contributed by atoms with E-state index in [0.29, 0.717) is 28.8 Å². The molecule has 8 nitrogen and oxygen atoms in total. The van der Waals surface area contributed by atoms with E-state index in [4.69, 9.17) is 14.2 Å². The molecule has 0 fully saturated rings. The zero-order chi connectivity index (χ0) is 28.7. The first-order chi connectivity index (χ1) is 18.5. The van der Waals surface area contributed by atoms with Gasteiger partial charge in [0.05, 0.1) is 39.0 Å². The fourth-order valence-corrected chi connectivity index (χ4v) is 5.09. The number of carbonyl (C=O) groups is 2. The van der Waals surface area contributed by atoms with Gasteiger partial charge in [-0.2, -0.15) is 0 Å². The number of thioether (sulfide) groups is 1. The van der Waals surface area contributed by atoms with Crippen molar-refractivity contribution in [3.05, 3.63) is 65.7 Å². The first-order valence-corrected chi connectivity index (χ1v) is 13.6. The number of rotatable bonds is 12. The van der Waals surface area contributed by atoms with Crippen molar-refractivity contribution < 1.29 is 28.2 Å². The molecule has 1 heterocycles. The molecule has 2 aromatic carbocycles. The van der Waals surface area contributed by atoms with Crippen LogP contribution in [0.15, 0.2) is 53.8 Å². The van der Waals surface area contributed by atoms with Crippen LogP contribution in [-0.2, 0) is 19.7 Å². The molecule has 0 aliphatic carbocycles. The second kappa shape index (κ2) is 13.0. The van der Waals surface area contributed by atoms with E-state index >= 15 is 0 Å². The van der Waals surface area contributed by atoms with Crippen LogP contribution in [0.4, 0.5) is 4.39 Å². The van der Waals surface area contributed by atoms with Crippen LogP contribution in [0.3, 0.4) is 0 Å². The zero-order valence-corrected chi connectivity index (χ0v) is 24.2. The Hall–Kier alpha value is -3.53. The summed E-state index contributed by atoms with van der Waals surface area (Å²) in [5.74, 6) is 0.296. The van der Waals surface area contributed by atoms with Crippen molar-refractivity contribution in [1.82, 2.24) is 14.9 Å². The molecule has 0 saturated carbocycles. The van der Waals surface area contributed by atoms with Gasteiger partial charge in [0.1, 0.15) is 11.9 Å². The van der Waals surface area contributed by atoms with E-state index in [1.807, 2.05) is 36.6 Å². The van der Waals surface area contributed by atoms with Gasteiger partial charge in [-0.1, -0.05) is 45.5 Å². The van der Waals surface area contributed by atoms with Crippen molar-refractivity contribution in [2.24, 2.45) is 5.92 Å². The lowest BCUT2D eigenvalue weighted by Gasteiger charge is -2.28. The van der Waals surface area contributed by atoms with Crippen LogP contribution in [0.25, 0.3) is 5.69 Å². The molecule has 3 rings (SSSR count). The van der Waals surface area contributed by atoms with Crippen LogP contribution < -0.4 is 14.8 Å². The average Bonchev–Trinajstić information content (AvgIpc) is 3.35. The largest absolute Gasteiger partial charge is 0.493 e. The Morgan fingerprint density at radius 3 is 2.31 bits per heavy atom. The summed E-state index contributed by atoms with van der Waals surface area (Å²) < 4.78 is 31.5. The van der Waals surface area contributed by atoms with Crippen LogP contribution in [0.2, 0.25) is 0 Å². The highest BCUT2D eigenvalue weighted by Crippen LogP contribution is 2.39. The first kappa shape index (κ1) is 30.0. The predicted octanol–water partition coefficient (Wildman–Crippen LogP) is 5.15. The maximum absolute atomic E-state index is 13.8. The molecular formula is C29H36FN3O5S. The highest BCUT2D eigenvalue weighted by atomic mass is 32.2. The van der Waals surface area contributed by atoms with E-state index in [-0.39, 0.29) is 23.4 Å². The normalized spacial score (nSPS) is 12.2. The number of hydrogen-bond donors (Lipinski definition) is 1. The Kier molecular flexibility index (Phi) is 10.0. The fourth-order valence-electron chi connectivity index (χ4n) is 4.28. The summed E-state index contributed by atoms with van der Waals surface area (Å²) in [6, 6.07) is 11.1. The Morgan fingerprint density at radius 2 is 1.72 bits per heavy atom. The van der Waals surface area contributed by atoms with Gasteiger partial charge < -0.3 is 19.5 Å². The third kappa shape index (κ3) is 7.11. The minimum atomic E-state index is -0.723. The fraction of sp³-hybridized carbons (Fsp3) is 0.414. The first-order valence-electron chi connectivity index (χ1n) is 12.6. The lowest BCUT2D eigenvalue weighted by atomic mass is 9.81. The van der Waals surface area contributed by atoms with Crippen molar-refractivity contribution in [2.45, 2.75) is 50.7 Å². The predicted molar refractivity (Wildman–Crippen MR) is 149 cm³/mol. The average molecular weight is 558 g/mol. The van der Waals surface area contributed by atoms with Gasteiger partial charge in [-0.05, 0) is 54.3 Å². The van der Waals surface area contributed by atoms with Gasteiger partial charge in [0.25, 0.3) is 0 Å². The number of nitrogens with one attached hydrogen (secondary N) is 1.